The Labute approximate surface area is 181 Å². The summed E-state index contributed by atoms with van der Waals surface area (Å²) in [5.41, 5.74) is 1.32. The van der Waals surface area contributed by atoms with E-state index in [4.69, 9.17) is 16.3 Å². The number of rotatable bonds is 5. The number of nitrogens with zero attached hydrogens (tertiary/aromatic N) is 2. The van der Waals surface area contributed by atoms with Gasteiger partial charge in [0, 0.05) is 51.6 Å². The molecule has 1 aliphatic carbocycles. The number of para-hydroxylation sites is 1. The van der Waals surface area contributed by atoms with Gasteiger partial charge in [-0.25, -0.2) is 4.39 Å². The normalized spacial score (nSPS) is 19.2. The molecule has 30 heavy (non-hydrogen) atoms. The van der Waals surface area contributed by atoms with E-state index >= 15 is 0 Å². The largest absolute Gasteiger partial charge is 0.493 e. The zero-order valence-electron chi connectivity index (χ0n) is 17.3. The molecule has 2 aromatic carbocycles. The van der Waals surface area contributed by atoms with Crippen molar-refractivity contribution in [3.8, 4) is 5.75 Å². The van der Waals surface area contributed by atoms with Gasteiger partial charge in [0.25, 0.3) is 0 Å². The van der Waals surface area contributed by atoms with Crippen LogP contribution in [0.3, 0.4) is 0 Å². The molecule has 1 heterocycles. The third-order valence-electron chi connectivity index (χ3n) is 6.32. The zero-order valence-corrected chi connectivity index (χ0v) is 18.1. The molecule has 1 fully saturated rings. The number of fused-ring (bicyclic) bond motifs is 1. The van der Waals surface area contributed by atoms with E-state index in [0.717, 1.165) is 26.2 Å². The Kier molecular flexibility index (Phi) is 6.00. The highest BCUT2D eigenvalue weighted by atomic mass is 35.5. The maximum absolute atomic E-state index is 14.2. The molecule has 1 aliphatic heterocycles. The van der Waals surface area contributed by atoms with Gasteiger partial charge in [-0.05, 0) is 17.2 Å². The van der Waals surface area contributed by atoms with Gasteiger partial charge in [0.05, 0.1) is 7.11 Å². The Balaban J connectivity index is 1.68. The van der Waals surface area contributed by atoms with Crippen LogP contribution >= 0.6 is 11.6 Å². The minimum absolute atomic E-state index is 0.0492. The van der Waals surface area contributed by atoms with Gasteiger partial charge in [-0.2, -0.15) is 0 Å². The van der Waals surface area contributed by atoms with E-state index in [1.807, 2.05) is 12.1 Å². The van der Waals surface area contributed by atoms with Crippen molar-refractivity contribution in [2.24, 2.45) is 0 Å². The Morgan fingerprint density at radius 1 is 1.17 bits per heavy atom. The summed E-state index contributed by atoms with van der Waals surface area (Å²) in [6, 6.07) is 12.8. The highest BCUT2D eigenvalue weighted by Crippen LogP contribution is 2.40. The van der Waals surface area contributed by atoms with Crippen LogP contribution in [0.5, 0.6) is 5.75 Å². The number of ether oxygens (including phenoxy) is 1. The number of benzene rings is 2. The number of halogens is 2. The van der Waals surface area contributed by atoms with Crippen molar-refractivity contribution in [1.29, 1.82) is 0 Å². The van der Waals surface area contributed by atoms with Crippen molar-refractivity contribution in [1.82, 2.24) is 15.1 Å². The minimum Gasteiger partial charge on any atom is -0.493 e. The van der Waals surface area contributed by atoms with Gasteiger partial charge in [0.1, 0.15) is 11.0 Å². The predicted molar refractivity (Wildman–Crippen MR) is 115 cm³/mol. The number of carbonyl (C=O) groups excluding carboxylic acids is 1. The van der Waals surface area contributed by atoms with Gasteiger partial charge in [0.15, 0.2) is 11.6 Å². The van der Waals surface area contributed by atoms with E-state index in [1.54, 1.807) is 19.2 Å². The molecule has 1 amide bonds. The van der Waals surface area contributed by atoms with E-state index in [9.17, 15) is 9.18 Å². The van der Waals surface area contributed by atoms with Gasteiger partial charge in [-0.1, -0.05) is 48.0 Å². The van der Waals surface area contributed by atoms with Crippen LogP contribution in [0.1, 0.15) is 22.2 Å². The number of amides is 1. The van der Waals surface area contributed by atoms with Crippen LogP contribution in [0.4, 0.5) is 4.39 Å². The summed E-state index contributed by atoms with van der Waals surface area (Å²) in [4.78, 5) is 17.8. The van der Waals surface area contributed by atoms with Gasteiger partial charge in [0.2, 0.25) is 5.91 Å². The number of nitrogens with one attached hydrogen (secondary N) is 1. The Bertz CT molecular complexity index is 907. The highest BCUT2D eigenvalue weighted by Gasteiger charge is 2.50. The molecule has 4 rings (SSSR count). The number of hydrogen-bond donors (Lipinski definition) is 1. The lowest BCUT2D eigenvalue weighted by Crippen LogP contribution is -2.64. The smallest absolute Gasteiger partial charge is 0.244 e. The van der Waals surface area contributed by atoms with Crippen LogP contribution in [-0.4, -0.2) is 61.6 Å². The fourth-order valence-electron chi connectivity index (χ4n) is 4.77. The van der Waals surface area contributed by atoms with E-state index in [2.05, 4.69) is 22.3 Å². The van der Waals surface area contributed by atoms with E-state index in [0.29, 0.717) is 18.4 Å². The molecular formula is C23H27ClFN3O2. The third-order valence-corrected chi connectivity index (χ3v) is 6.85. The topological polar surface area (TPSA) is 44.8 Å². The molecule has 0 aromatic heterocycles. The van der Waals surface area contributed by atoms with Gasteiger partial charge >= 0.3 is 0 Å². The molecule has 0 radical (unpaired) electrons. The molecule has 7 heteroatoms. The van der Waals surface area contributed by atoms with Crippen LogP contribution in [0.15, 0.2) is 42.5 Å². The summed E-state index contributed by atoms with van der Waals surface area (Å²) in [6.07, 6.45) is 1.30. The fourth-order valence-corrected chi connectivity index (χ4v) is 5.03. The van der Waals surface area contributed by atoms with E-state index in [-0.39, 0.29) is 11.7 Å². The summed E-state index contributed by atoms with van der Waals surface area (Å²) in [6.45, 7) is 3.28. The number of alkyl halides is 1. The molecular weight excluding hydrogens is 405 g/mol. The maximum atomic E-state index is 14.2. The second kappa shape index (κ2) is 8.53. The predicted octanol–water partition coefficient (Wildman–Crippen LogP) is 2.97. The van der Waals surface area contributed by atoms with Crippen molar-refractivity contribution < 1.29 is 13.9 Å². The van der Waals surface area contributed by atoms with Gasteiger partial charge in [-0.3, -0.25) is 9.69 Å². The summed E-state index contributed by atoms with van der Waals surface area (Å²) in [5, 5.41) is 3.36. The number of likely N-dealkylation sites (N-methyl/N-ethyl adjacent to an activating group) is 1. The van der Waals surface area contributed by atoms with Gasteiger partial charge in [-0.15, -0.1) is 0 Å². The molecule has 1 N–H and O–H groups in total. The first kappa shape index (κ1) is 21.1. The van der Waals surface area contributed by atoms with Crippen LogP contribution < -0.4 is 10.1 Å². The second-order valence-corrected chi connectivity index (χ2v) is 8.42. The van der Waals surface area contributed by atoms with E-state index < -0.39 is 16.9 Å². The molecule has 2 aliphatic rings. The third kappa shape index (κ3) is 3.57. The molecule has 2 aromatic rings. The van der Waals surface area contributed by atoms with Crippen LogP contribution in [0.25, 0.3) is 0 Å². The highest BCUT2D eigenvalue weighted by molar-refractivity contribution is 6.21. The first-order chi connectivity index (χ1) is 14.5. The van der Waals surface area contributed by atoms with Crippen LogP contribution in [-0.2, 0) is 17.6 Å². The number of carbonyl (C=O) groups is 1. The number of piperazine rings is 1. The van der Waals surface area contributed by atoms with Crippen LogP contribution in [0.2, 0.25) is 0 Å². The SMILES string of the molecule is COc1c(F)cccc1[C@H](Cl)N(C)C(=O)C1(N2CCNCC2)Cc2ccccc2C1. The summed E-state index contributed by atoms with van der Waals surface area (Å²) < 4.78 is 19.4. The zero-order chi connectivity index (χ0) is 21.3. The lowest BCUT2D eigenvalue weighted by atomic mass is 9.90. The van der Waals surface area contributed by atoms with Crippen molar-refractivity contribution in [3.05, 3.63) is 65.0 Å². The summed E-state index contributed by atoms with van der Waals surface area (Å²) in [7, 11) is 3.10. The van der Waals surface area contributed by atoms with Crippen molar-refractivity contribution in [3.63, 3.8) is 0 Å². The molecule has 0 spiro atoms. The number of hydrogen-bond acceptors (Lipinski definition) is 4. The Morgan fingerprint density at radius 2 is 1.80 bits per heavy atom. The lowest BCUT2D eigenvalue weighted by molar-refractivity contribution is -0.144. The first-order valence-corrected chi connectivity index (χ1v) is 10.7. The van der Waals surface area contributed by atoms with Gasteiger partial charge < -0.3 is 15.0 Å². The Morgan fingerprint density at radius 3 is 2.40 bits per heavy atom. The summed E-state index contributed by atoms with van der Waals surface area (Å²) >= 11 is 6.73. The maximum Gasteiger partial charge on any atom is 0.244 e. The van der Waals surface area contributed by atoms with Crippen LogP contribution in [0, 0.1) is 5.82 Å². The second-order valence-electron chi connectivity index (χ2n) is 8.01. The quantitative estimate of drug-likeness (QED) is 0.584. The molecule has 0 saturated carbocycles. The molecule has 5 nitrogen and oxygen atoms in total. The standard InChI is InChI=1S/C23H27ClFN3O2/c1-27(21(24)18-8-5-9-19(25)20(18)30-2)22(29)23(28-12-10-26-11-13-28)14-16-6-3-4-7-17(16)15-23/h3-9,21,26H,10-15H2,1-2H3/t21-/m1/s1. The molecule has 1 saturated heterocycles. The van der Waals surface area contributed by atoms with E-state index in [1.165, 1.54) is 29.2 Å². The number of methoxy groups -OCH3 is 1. The Hall–Kier alpha value is -2.15. The van der Waals surface area contributed by atoms with Crippen molar-refractivity contribution >= 4 is 17.5 Å². The first-order valence-electron chi connectivity index (χ1n) is 10.2. The fraction of sp³-hybridized carbons (Fsp3) is 0.435. The average molecular weight is 432 g/mol. The average Bonchev–Trinajstić information content (AvgIpc) is 3.19. The molecule has 0 bridgehead atoms. The van der Waals surface area contributed by atoms with Crippen molar-refractivity contribution in [2.75, 3.05) is 40.3 Å². The molecule has 1 atom stereocenters. The lowest BCUT2D eigenvalue weighted by Gasteiger charge is -2.45. The summed E-state index contributed by atoms with van der Waals surface area (Å²) in [5.74, 6) is -0.471. The molecule has 0 unspecified atom stereocenters. The van der Waals surface area contributed by atoms with Crippen molar-refractivity contribution in [2.45, 2.75) is 23.9 Å². The monoisotopic (exact) mass is 431 g/mol. The molecule has 160 valence electrons. The minimum atomic E-state index is -0.841.